The van der Waals surface area contributed by atoms with Crippen LogP contribution >= 0.6 is 27.3 Å². The Morgan fingerprint density at radius 1 is 1.35 bits per heavy atom. The van der Waals surface area contributed by atoms with E-state index >= 15 is 0 Å². The average Bonchev–Trinajstić information content (AvgIpc) is 2.82. The number of fused-ring (bicyclic) bond motifs is 1. The van der Waals surface area contributed by atoms with Crippen molar-refractivity contribution in [3.05, 3.63) is 39.3 Å². The molecule has 3 rings (SSSR count). The zero-order valence-corrected chi connectivity index (χ0v) is 11.6. The van der Waals surface area contributed by atoms with Gasteiger partial charge in [-0.1, -0.05) is 33.3 Å². The highest BCUT2D eigenvalue weighted by molar-refractivity contribution is 9.10. The van der Waals surface area contributed by atoms with E-state index in [0.29, 0.717) is 6.04 Å². The molecule has 3 nitrogen and oxygen atoms in total. The van der Waals surface area contributed by atoms with Crippen molar-refractivity contribution >= 4 is 32.4 Å². The van der Waals surface area contributed by atoms with Crippen LogP contribution in [0.1, 0.15) is 17.5 Å². The summed E-state index contributed by atoms with van der Waals surface area (Å²) in [5.74, 6) is 0. The van der Waals surface area contributed by atoms with Gasteiger partial charge in [-0.05, 0) is 42.5 Å². The summed E-state index contributed by atoms with van der Waals surface area (Å²) in [5.41, 5.74) is 4.67. The normalized spacial score (nSPS) is 18.8. The molecule has 1 aliphatic rings. The molecule has 1 heterocycles. The largest absolute Gasteiger partial charge is 0.357 e. The predicted molar refractivity (Wildman–Crippen MR) is 73.5 cm³/mol. The summed E-state index contributed by atoms with van der Waals surface area (Å²) in [6.45, 7) is 0. The van der Waals surface area contributed by atoms with E-state index in [2.05, 4.69) is 49.6 Å². The zero-order chi connectivity index (χ0) is 11.7. The van der Waals surface area contributed by atoms with Gasteiger partial charge in [0.05, 0.1) is 0 Å². The molecule has 0 spiro atoms. The molecule has 0 saturated carbocycles. The third kappa shape index (κ3) is 2.50. The second kappa shape index (κ2) is 4.74. The molecule has 1 atom stereocenters. The van der Waals surface area contributed by atoms with Gasteiger partial charge in [-0.3, -0.25) is 0 Å². The SMILES string of the molecule is Brc1ccc2c(c1)CCC(Nc1nncs1)C2. The number of anilines is 1. The molecule has 1 aromatic heterocycles. The molecule has 0 amide bonds. The van der Waals surface area contributed by atoms with Crippen molar-refractivity contribution in [3.63, 3.8) is 0 Å². The number of aryl methyl sites for hydroxylation is 1. The quantitative estimate of drug-likeness (QED) is 0.925. The van der Waals surface area contributed by atoms with Crippen LogP contribution in [0.2, 0.25) is 0 Å². The minimum atomic E-state index is 0.483. The lowest BCUT2D eigenvalue weighted by molar-refractivity contribution is 0.609. The molecule has 0 fully saturated rings. The summed E-state index contributed by atoms with van der Waals surface area (Å²) in [6, 6.07) is 7.05. The van der Waals surface area contributed by atoms with E-state index in [4.69, 9.17) is 0 Å². The molecule has 88 valence electrons. The number of hydrogen-bond donors (Lipinski definition) is 1. The molecule has 1 N–H and O–H groups in total. The number of aromatic nitrogens is 2. The van der Waals surface area contributed by atoms with E-state index < -0.39 is 0 Å². The highest BCUT2D eigenvalue weighted by Crippen LogP contribution is 2.26. The Morgan fingerprint density at radius 2 is 2.29 bits per heavy atom. The van der Waals surface area contributed by atoms with Gasteiger partial charge in [-0.2, -0.15) is 0 Å². The first-order valence-corrected chi connectivity index (χ1v) is 7.28. The minimum absolute atomic E-state index is 0.483. The Hall–Kier alpha value is -0.940. The van der Waals surface area contributed by atoms with Gasteiger partial charge in [0, 0.05) is 10.5 Å². The van der Waals surface area contributed by atoms with Crippen LogP contribution in [0.5, 0.6) is 0 Å². The fourth-order valence-corrected chi connectivity index (χ4v) is 3.19. The third-order valence-corrected chi connectivity index (χ3v) is 4.20. The highest BCUT2D eigenvalue weighted by atomic mass is 79.9. The van der Waals surface area contributed by atoms with E-state index in [-0.39, 0.29) is 0 Å². The first-order valence-electron chi connectivity index (χ1n) is 5.61. The van der Waals surface area contributed by atoms with Gasteiger partial charge in [0.1, 0.15) is 5.51 Å². The lowest BCUT2D eigenvalue weighted by Gasteiger charge is -2.25. The third-order valence-electron chi connectivity index (χ3n) is 3.08. The predicted octanol–water partition coefficient (Wildman–Crippen LogP) is 3.27. The molecule has 0 saturated heterocycles. The van der Waals surface area contributed by atoms with Gasteiger partial charge in [0.25, 0.3) is 0 Å². The van der Waals surface area contributed by atoms with Crippen molar-refractivity contribution in [2.24, 2.45) is 0 Å². The molecular formula is C12H12BrN3S. The second-order valence-electron chi connectivity index (χ2n) is 4.24. The lowest BCUT2D eigenvalue weighted by atomic mass is 9.88. The second-order valence-corrected chi connectivity index (χ2v) is 5.99. The molecule has 5 heteroatoms. The molecule has 0 bridgehead atoms. The maximum absolute atomic E-state index is 4.03. The Balaban J connectivity index is 1.74. The van der Waals surface area contributed by atoms with Crippen molar-refractivity contribution in [2.75, 3.05) is 5.32 Å². The van der Waals surface area contributed by atoms with Crippen LogP contribution in [0.3, 0.4) is 0 Å². The van der Waals surface area contributed by atoms with Crippen LogP contribution < -0.4 is 5.32 Å². The molecule has 1 unspecified atom stereocenters. The monoisotopic (exact) mass is 309 g/mol. The van der Waals surface area contributed by atoms with E-state index in [1.54, 1.807) is 16.8 Å². The maximum Gasteiger partial charge on any atom is 0.205 e. The van der Waals surface area contributed by atoms with Crippen molar-refractivity contribution in [3.8, 4) is 0 Å². The van der Waals surface area contributed by atoms with Gasteiger partial charge in [0.15, 0.2) is 0 Å². The van der Waals surface area contributed by atoms with Crippen molar-refractivity contribution < 1.29 is 0 Å². The summed E-state index contributed by atoms with van der Waals surface area (Å²) in [4.78, 5) is 0. The molecule has 17 heavy (non-hydrogen) atoms. The molecule has 2 aromatic rings. The molecule has 0 radical (unpaired) electrons. The number of halogens is 1. The number of nitrogens with one attached hydrogen (secondary N) is 1. The summed E-state index contributed by atoms with van der Waals surface area (Å²) in [5, 5.41) is 12.2. The standard InChI is InChI=1S/C12H12BrN3S/c13-10-3-1-9-6-11(4-2-8(9)5-10)15-12-16-14-7-17-12/h1,3,5,7,11H,2,4,6H2,(H,15,16). The van der Waals surface area contributed by atoms with E-state index in [1.807, 2.05) is 0 Å². The fourth-order valence-electron chi connectivity index (χ4n) is 2.26. The summed E-state index contributed by atoms with van der Waals surface area (Å²) in [7, 11) is 0. The van der Waals surface area contributed by atoms with E-state index in [1.165, 1.54) is 15.6 Å². The van der Waals surface area contributed by atoms with Gasteiger partial charge >= 0.3 is 0 Å². The smallest absolute Gasteiger partial charge is 0.205 e. The number of benzene rings is 1. The number of hydrogen-bond acceptors (Lipinski definition) is 4. The molecular weight excluding hydrogens is 298 g/mol. The van der Waals surface area contributed by atoms with E-state index in [0.717, 1.165) is 24.4 Å². The van der Waals surface area contributed by atoms with Gasteiger partial charge < -0.3 is 5.32 Å². The van der Waals surface area contributed by atoms with Crippen molar-refractivity contribution in [1.29, 1.82) is 0 Å². The lowest BCUT2D eigenvalue weighted by Crippen LogP contribution is -2.27. The summed E-state index contributed by atoms with van der Waals surface area (Å²) < 4.78 is 1.17. The average molecular weight is 310 g/mol. The van der Waals surface area contributed by atoms with Gasteiger partial charge in [-0.25, -0.2) is 0 Å². The van der Waals surface area contributed by atoms with Crippen LogP contribution in [-0.4, -0.2) is 16.2 Å². The Kier molecular flexibility index (Phi) is 3.11. The number of nitrogens with zero attached hydrogens (tertiary/aromatic N) is 2. The van der Waals surface area contributed by atoms with Gasteiger partial charge in [0.2, 0.25) is 5.13 Å². The molecule has 0 aliphatic heterocycles. The Labute approximate surface area is 112 Å². The number of rotatable bonds is 2. The highest BCUT2D eigenvalue weighted by Gasteiger charge is 2.19. The van der Waals surface area contributed by atoms with Crippen LogP contribution in [0.15, 0.2) is 28.2 Å². The van der Waals surface area contributed by atoms with Crippen LogP contribution in [0.4, 0.5) is 5.13 Å². The topological polar surface area (TPSA) is 37.8 Å². The summed E-state index contributed by atoms with van der Waals surface area (Å²) in [6.07, 6.45) is 3.36. The van der Waals surface area contributed by atoms with Crippen molar-refractivity contribution in [2.45, 2.75) is 25.3 Å². The maximum atomic E-state index is 4.03. The Morgan fingerprint density at radius 3 is 3.12 bits per heavy atom. The first-order chi connectivity index (χ1) is 8.31. The minimum Gasteiger partial charge on any atom is -0.357 e. The molecule has 1 aliphatic carbocycles. The van der Waals surface area contributed by atoms with Crippen LogP contribution in [0.25, 0.3) is 0 Å². The van der Waals surface area contributed by atoms with Gasteiger partial charge in [-0.15, -0.1) is 10.2 Å². The first kappa shape index (κ1) is 11.2. The molecule has 1 aromatic carbocycles. The Bertz CT molecular complexity index is 512. The summed E-state index contributed by atoms with van der Waals surface area (Å²) >= 11 is 5.08. The van der Waals surface area contributed by atoms with Crippen LogP contribution in [0, 0.1) is 0 Å². The van der Waals surface area contributed by atoms with Crippen LogP contribution in [-0.2, 0) is 12.8 Å². The fraction of sp³-hybridized carbons (Fsp3) is 0.333. The van der Waals surface area contributed by atoms with Crippen molar-refractivity contribution in [1.82, 2.24) is 10.2 Å². The van der Waals surface area contributed by atoms with E-state index in [9.17, 15) is 0 Å². The zero-order valence-electron chi connectivity index (χ0n) is 9.19.